The highest BCUT2D eigenvalue weighted by atomic mass is 32.1. The Kier molecular flexibility index (Phi) is 4.70. The topological polar surface area (TPSA) is 64.9 Å². The van der Waals surface area contributed by atoms with Crippen molar-refractivity contribution < 1.29 is 18.7 Å². The fraction of sp³-hybridized carbons (Fsp3) is 0.100. The monoisotopic (exact) mass is 397 g/mol. The Balaban J connectivity index is 1.66. The number of anilines is 1. The molecule has 0 radical (unpaired) electrons. The zero-order valence-corrected chi connectivity index (χ0v) is 15.9. The Bertz CT molecular complexity index is 1150. The maximum Gasteiger partial charge on any atom is 0.273 e. The van der Waals surface area contributed by atoms with Gasteiger partial charge in [0.05, 0.1) is 25.6 Å². The number of hydrogen-bond acceptors (Lipinski definition) is 5. The van der Waals surface area contributed by atoms with E-state index in [1.165, 1.54) is 30.6 Å². The van der Waals surface area contributed by atoms with Gasteiger partial charge in [0.25, 0.3) is 5.91 Å². The first-order valence-corrected chi connectivity index (χ1v) is 9.23. The van der Waals surface area contributed by atoms with Crippen molar-refractivity contribution in [2.45, 2.75) is 0 Å². The van der Waals surface area contributed by atoms with Gasteiger partial charge in [-0.05, 0) is 36.4 Å². The Hall–Kier alpha value is -3.39. The molecule has 1 N–H and O–H groups in total. The molecule has 4 aromatic rings. The number of hydrogen-bond donors (Lipinski definition) is 1. The highest BCUT2D eigenvalue weighted by Crippen LogP contribution is 2.30. The third kappa shape index (κ3) is 3.29. The minimum absolute atomic E-state index is 0.305. The second-order valence-corrected chi connectivity index (χ2v) is 6.76. The number of carbonyl (C=O) groups excluding carboxylic acids is 1. The molecule has 142 valence electrons. The second-order valence-electron chi connectivity index (χ2n) is 5.93. The van der Waals surface area contributed by atoms with E-state index in [9.17, 15) is 9.18 Å². The highest BCUT2D eigenvalue weighted by Gasteiger charge is 2.17. The predicted molar refractivity (Wildman–Crippen MR) is 106 cm³/mol. The lowest BCUT2D eigenvalue weighted by Crippen LogP contribution is -2.14. The minimum Gasteiger partial charge on any atom is -0.497 e. The Morgan fingerprint density at radius 1 is 1.14 bits per heavy atom. The summed E-state index contributed by atoms with van der Waals surface area (Å²) in [6.45, 7) is 0. The van der Waals surface area contributed by atoms with Gasteiger partial charge in [-0.3, -0.25) is 9.20 Å². The lowest BCUT2D eigenvalue weighted by atomic mass is 10.2. The number of nitrogens with zero attached hydrogens (tertiary/aromatic N) is 2. The van der Waals surface area contributed by atoms with Crippen molar-refractivity contribution in [3.8, 4) is 22.8 Å². The number of ether oxygens (including phenoxy) is 2. The van der Waals surface area contributed by atoms with Crippen LogP contribution in [0.3, 0.4) is 0 Å². The van der Waals surface area contributed by atoms with Gasteiger partial charge in [0, 0.05) is 23.2 Å². The third-order valence-electron chi connectivity index (χ3n) is 4.24. The first kappa shape index (κ1) is 18.0. The second kappa shape index (κ2) is 7.32. The molecule has 6 nitrogen and oxygen atoms in total. The van der Waals surface area contributed by atoms with Gasteiger partial charge < -0.3 is 14.8 Å². The van der Waals surface area contributed by atoms with Crippen molar-refractivity contribution in [1.29, 1.82) is 0 Å². The van der Waals surface area contributed by atoms with E-state index in [-0.39, 0.29) is 11.7 Å². The van der Waals surface area contributed by atoms with E-state index >= 15 is 0 Å². The van der Waals surface area contributed by atoms with Crippen LogP contribution in [0.1, 0.15) is 10.5 Å². The Morgan fingerprint density at radius 2 is 1.93 bits per heavy atom. The number of fused-ring (bicyclic) bond motifs is 1. The van der Waals surface area contributed by atoms with Crippen molar-refractivity contribution in [2.24, 2.45) is 0 Å². The van der Waals surface area contributed by atoms with Gasteiger partial charge in [-0.15, -0.1) is 11.3 Å². The standard InChI is InChI=1S/C20H16FN3O3S/c1-26-14-7-8-18(27-2)15(9-14)22-19(25)17-11-28-20-23-16(10-24(17)20)12-3-5-13(21)6-4-12/h3-11H,1-2H3,(H,22,25). The average molecular weight is 397 g/mol. The smallest absolute Gasteiger partial charge is 0.273 e. The van der Waals surface area contributed by atoms with Crippen LogP contribution >= 0.6 is 11.3 Å². The van der Waals surface area contributed by atoms with Crippen LogP contribution in [0, 0.1) is 5.82 Å². The van der Waals surface area contributed by atoms with Crippen LogP contribution in [0.4, 0.5) is 10.1 Å². The molecule has 8 heteroatoms. The van der Waals surface area contributed by atoms with Gasteiger partial charge in [0.15, 0.2) is 4.96 Å². The van der Waals surface area contributed by atoms with Crippen molar-refractivity contribution in [3.05, 3.63) is 65.6 Å². The predicted octanol–water partition coefficient (Wildman–Crippen LogP) is 4.47. The third-order valence-corrected chi connectivity index (χ3v) is 5.08. The van der Waals surface area contributed by atoms with Crippen molar-refractivity contribution in [1.82, 2.24) is 9.38 Å². The lowest BCUT2D eigenvalue weighted by molar-refractivity contribution is 0.102. The molecule has 0 unspecified atom stereocenters. The van der Waals surface area contributed by atoms with Gasteiger partial charge in [0.1, 0.15) is 23.0 Å². The number of carbonyl (C=O) groups is 1. The van der Waals surface area contributed by atoms with E-state index in [1.807, 2.05) is 0 Å². The van der Waals surface area contributed by atoms with E-state index in [0.29, 0.717) is 33.5 Å². The molecule has 0 fully saturated rings. The molecule has 0 saturated carbocycles. The number of halogens is 1. The summed E-state index contributed by atoms with van der Waals surface area (Å²) in [7, 11) is 3.09. The molecular formula is C20H16FN3O3S. The SMILES string of the molecule is COc1ccc(OC)c(NC(=O)c2csc3nc(-c4ccc(F)cc4)cn23)c1. The van der Waals surface area contributed by atoms with E-state index in [0.717, 1.165) is 5.56 Å². The molecule has 0 bridgehead atoms. The molecule has 2 aromatic carbocycles. The molecule has 2 aromatic heterocycles. The van der Waals surface area contributed by atoms with Crippen LogP contribution in [0.25, 0.3) is 16.2 Å². The molecule has 0 atom stereocenters. The lowest BCUT2D eigenvalue weighted by Gasteiger charge is -2.11. The normalized spacial score (nSPS) is 10.8. The molecule has 0 aliphatic carbocycles. The first-order chi connectivity index (χ1) is 13.6. The van der Waals surface area contributed by atoms with Crippen LogP contribution in [-0.4, -0.2) is 29.5 Å². The first-order valence-electron chi connectivity index (χ1n) is 8.35. The molecule has 4 rings (SSSR count). The van der Waals surface area contributed by atoms with Gasteiger partial charge >= 0.3 is 0 Å². The molecule has 0 aliphatic rings. The molecule has 1 amide bonds. The largest absolute Gasteiger partial charge is 0.497 e. The van der Waals surface area contributed by atoms with Crippen LogP contribution < -0.4 is 14.8 Å². The maximum absolute atomic E-state index is 13.1. The number of nitrogens with one attached hydrogen (secondary N) is 1. The number of rotatable bonds is 5. The molecule has 0 aliphatic heterocycles. The summed E-state index contributed by atoms with van der Waals surface area (Å²) in [5.41, 5.74) is 2.38. The summed E-state index contributed by atoms with van der Waals surface area (Å²) in [5.74, 6) is 0.518. The number of amides is 1. The molecule has 0 saturated heterocycles. The average Bonchev–Trinajstić information content (AvgIpc) is 3.29. The fourth-order valence-corrected chi connectivity index (χ4v) is 3.66. The Morgan fingerprint density at radius 3 is 2.64 bits per heavy atom. The van der Waals surface area contributed by atoms with Crippen molar-refractivity contribution >= 4 is 27.9 Å². The van der Waals surface area contributed by atoms with Crippen molar-refractivity contribution in [3.63, 3.8) is 0 Å². The number of imidazole rings is 1. The summed E-state index contributed by atoms with van der Waals surface area (Å²) in [5, 5.41) is 4.59. The van der Waals surface area contributed by atoms with E-state index < -0.39 is 0 Å². The minimum atomic E-state index is -0.308. The van der Waals surface area contributed by atoms with Gasteiger partial charge in [-0.2, -0.15) is 0 Å². The van der Waals surface area contributed by atoms with E-state index in [1.54, 1.807) is 53.4 Å². The summed E-state index contributed by atoms with van der Waals surface area (Å²) in [6.07, 6.45) is 1.76. The summed E-state index contributed by atoms with van der Waals surface area (Å²) in [4.78, 5) is 18.0. The zero-order chi connectivity index (χ0) is 19.7. The fourth-order valence-electron chi connectivity index (χ4n) is 2.81. The number of benzene rings is 2. The van der Waals surface area contributed by atoms with Crippen molar-refractivity contribution in [2.75, 3.05) is 19.5 Å². The van der Waals surface area contributed by atoms with Gasteiger partial charge in [-0.25, -0.2) is 9.37 Å². The summed E-state index contributed by atoms with van der Waals surface area (Å²) >= 11 is 1.35. The number of methoxy groups -OCH3 is 2. The van der Waals surface area contributed by atoms with Crippen LogP contribution in [0.15, 0.2) is 54.0 Å². The van der Waals surface area contributed by atoms with Gasteiger partial charge in [-0.1, -0.05) is 0 Å². The Labute approximate surface area is 164 Å². The van der Waals surface area contributed by atoms with E-state index in [2.05, 4.69) is 10.3 Å². The molecule has 28 heavy (non-hydrogen) atoms. The number of aromatic nitrogens is 2. The quantitative estimate of drug-likeness (QED) is 0.540. The highest BCUT2D eigenvalue weighted by molar-refractivity contribution is 7.15. The summed E-state index contributed by atoms with van der Waals surface area (Å²) < 4.78 is 25.4. The van der Waals surface area contributed by atoms with Gasteiger partial charge in [0.2, 0.25) is 0 Å². The maximum atomic E-state index is 13.1. The molecule has 2 heterocycles. The zero-order valence-electron chi connectivity index (χ0n) is 15.1. The molecular weight excluding hydrogens is 381 g/mol. The summed E-state index contributed by atoms with van der Waals surface area (Å²) in [6, 6.07) is 11.2. The molecule has 0 spiro atoms. The van der Waals surface area contributed by atoms with Crippen LogP contribution in [0.5, 0.6) is 11.5 Å². The van der Waals surface area contributed by atoms with Crippen LogP contribution in [0.2, 0.25) is 0 Å². The number of thiazole rings is 1. The van der Waals surface area contributed by atoms with Crippen LogP contribution in [-0.2, 0) is 0 Å². The van der Waals surface area contributed by atoms with E-state index in [4.69, 9.17) is 9.47 Å².